The third-order valence-corrected chi connectivity index (χ3v) is 4.09. The fraction of sp³-hybridized carbons (Fsp3) is 0.467. The smallest absolute Gasteiger partial charge is 0.272 e. The van der Waals surface area contributed by atoms with Gasteiger partial charge in [0, 0.05) is 11.4 Å². The molecule has 0 radical (unpaired) electrons. The minimum Gasteiger partial charge on any atom is -0.348 e. The zero-order valence-corrected chi connectivity index (χ0v) is 11.6. The molecule has 5 heteroatoms. The topological polar surface area (TPSA) is 69.8 Å². The van der Waals surface area contributed by atoms with Crippen LogP contribution >= 0.6 is 0 Å². The summed E-state index contributed by atoms with van der Waals surface area (Å²) in [4.78, 5) is 12.4. The first-order valence-electron chi connectivity index (χ1n) is 7.20. The van der Waals surface area contributed by atoms with E-state index in [0.29, 0.717) is 11.6 Å². The van der Waals surface area contributed by atoms with Crippen molar-refractivity contribution in [3.05, 3.63) is 30.0 Å². The number of fused-ring (bicyclic) bond motifs is 1. The van der Waals surface area contributed by atoms with Crippen LogP contribution in [0.3, 0.4) is 0 Å². The van der Waals surface area contributed by atoms with Crippen LogP contribution in [0.25, 0.3) is 10.9 Å². The van der Waals surface area contributed by atoms with Gasteiger partial charge in [-0.15, -0.1) is 0 Å². The van der Waals surface area contributed by atoms with Crippen molar-refractivity contribution in [1.82, 2.24) is 20.8 Å². The first-order chi connectivity index (χ1) is 9.75. The molecule has 1 aromatic carbocycles. The minimum atomic E-state index is -0.0967. The maximum Gasteiger partial charge on any atom is 0.272 e. The van der Waals surface area contributed by atoms with Crippen molar-refractivity contribution in [2.24, 2.45) is 5.92 Å². The van der Waals surface area contributed by atoms with Crippen molar-refractivity contribution in [2.45, 2.75) is 25.8 Å². The maximum atomic E-state index is 12.4. The summed E-state index contributed by atoms with van der Waals surface area (Å²) in [6.45, 7) is 4.13. The zero-order valence-electron chi connectivity index (χ0n) is 11.6. The molecule has 20 heavy (non-hydrogen) atoms. The second-order valence-corrected chi connectivity index (χ2v) is 5.49. The zero-order chi connectivity index (χ0) is 13.9. The number of amides is 1. The lowest BCUT2D eigenvalue weighted by Gasteiger charge is -2.28. The molecule has 2 heterocycles. The second kappa shape index (κ2) is 5.63. The number of hydrogen-bond acceptors (Lipinski definition) is 3. The first-order valence-corrected chi connectivity index (χ1v) is 7.20. The highest BCUT2D eigenvalue weighted by molar-refractivity contribution is 6.04. The van der Waals surface area contributed by atoms with Crippen LogP contribution in [-0.2, 0) is 0 Å². The standard InChI is InChI=1S/C15H20N4O/c1-10(11-5-4-8-16-9-11)17-15(20)14-12-6-2-3-7-13(12)18-19-14/h2-3,6-7,10-11,16H,4-5,8-9H2,1H3,(H,17,20)(H,18,19). The average molecular weight is 272 g/mol. The number of benzene rings is 1. The van der Waals surface area contributed by atoms with Crippen molar-refractivity contribution in [3.8, 4) is 0 Å². The van der Waals surface area contributed by atoms with Crippen LogP contribution in [0, 0.1) is 5.92 Å². The molecule has 1 amide bonds. The quantitative estimate of drug-likeness (QED) is 0.796. The molecular weight excluding hydrogens is 252 g/mol. The fourth-order valence-electron chi connectivity index (χ4n) is 2.84. The monoisotopic (exact) mass is 272 g/mol. The highest BCUT2D eigenvalue weighted by Gasteiger charge is 2.23. The molecule has 1 aliphatic rings. The van der Waals surface area contributed by atoms with Crippen molar-refractivity contribution in [3.63, 3.8) is 0 Å². The predicted molar refractivity (Wildman–Crippen MR) is 78.6 cm³/mol. The number of H-pyrrole nitrogens is 1. The highest BCUT2D eigenvalue weighted by Crippen LogP contribution is 2.17. The van der Waals surface area contributed by atoms with E-state index in [1.165, 1.54) is 6.42 Å². The van der Waals surface area contributed by atoms with Crippen LogP contribution < -0.4 is 10.6 Å². The number of para-hydroxylation sites is 1. The molecule has 2 atom stereocenters. The number of aromatic nitrogens is 2. The molecule has 106 valence electrons. The highest BCUT2D eigenvalue weighted by atomic mass is 16.2. The molecule has 2 aromatic rings. The summed E-state index contributed by atoms with van der Waals surface area (Å²) < 4.78 is 0. The second-order valence-electron chi connectivity index (χ2n) is 5.49. The van der Waals surface area contributed by atoms with Gasteiger partial charge in [-0.25, -0.2) is 0 Å². The SMILES string of the molecule is CC(NC(=O)c1n[nH]c2ccccc12)C1CCCNC1. The van der Waals surface area contributed by atoms with Crippen molar-refractivity contribution in [2.75, 3.05) is 13.1 Å². The Balaban J connectivity index is 1.72. The molecular formula is C15H20N4O. The first kappa shape index (κ1) is 13.1. The Labute approximate surface area is 118 Å². The van der Waals surface area contributed by atoms with Crippen LogP contribution in [-0.4, -0.2) is 35.2 Å². The summed E-state index contributed by atoms with van der Waals surface area (Å²) in [5, 5.41) is 14.4. The van der Waals surface area contributed by atoms with Crippen molar-refractivity contribution >= 4 is 16.8 Å². The number of nitrogens with zero attached hydrogens (tertiary/aromatic N) is 1. The van der Waals surface area contributed by atoms with Gasteiger partial charge in [0.05, 0.1) is 5.52 Å². The molecule has 2 unspecified atom stereocenters. The van der Waals surface area contributed by atoms with E-state index in [2.05, 4.69) is 27.8 Å². The number of carbonyl (C=O) groups excluding carboxylic acids is 1. The van der Waals surface area contributed by atoms with Crippen LogP contribution in [0.5, 0.6) is 0 Å². The Hall–Kier alpha value is -1.88. The van der Waals surface area contributed by atoms with Crippen molar-refractivity contribution < 1.29 is 4.79 Å². The number of rotatable bonds is 3. The van der Waals surface area contributed by atoms with E-state index in [1.807, 2.05) is 24.3 Å². The van der Waals surface area contributed by atoms with Crippen molar-refractivity contribution in [1.29, 1.82) is 0 Å². The lowest BCUT2D eigenvalue weighted by atomic mass is 9.93. The molecule has 1 aliphatic heterocycles. The van der Waals surface area contributed by atoms with Crippen LogP contribution in [0.1, 0.15) is 30.3 Å². The van der Waals surface area contributed by atoms with Crippen LogP contribution in [0.4, 0.5) is 0 Å². The third-order valence-electron chi connectivity index (χ3n) is 4.09. The number of nitrogens with one attached hydrogen (secondary N) is 3. The Bertz CT molecular complexity index is 601. The number of piperidine rings is 1. The van der Waals surface area contributed by atoms with Gasteiger partial charge >= 0.3 is 0 Å². The molecule has 5 nitrogen and oxygen atoms in total. The lowest BCUT2D eigenvalue weighted by Crippen LogP contribution is -2.44. The van der Waals surface area contributed by atoms with Gasteiger partial charge in [-0.2, -0.15) is 5.10 Å². The molecule has 3 rings (SSSR count). The molecule has 1 fully saturated rings. The van der Waals surface area contributed by atoms with E-state index in [9.17, 15) is 4.79 Å². The van der Waals surface area contributed by atoms with Crippen LogP contribution in [0.2, 0.25) is 0 Å². The summed E-state index contributed by atoms with van der Waals surface area (Å²) in [6.07, 6.45) is 2.34. The molecule has 1 saturated heterocycles. The van der Waals surface area contributed by atoms with E-state index in [-0.39, 0.29) is 11.9 Å². The normalized spacial score (nSPS) is 20.8. The molecule has 0 spiro atoms. The summed E-state index contributed by atoms with van der Waals surface area (Å²) in [6, 6.07) is 7.85. The van der Waals surface area contributed by atoms with Gasteiger partial charge in [0.1, 0.15) is 0 Å². The lowest BCUT2D eigenvalue weighted by molar-refractivity contribution is 0.0918. The third kappa shape index (κ3) is 2.54. The van der Waals surface area contributed by atoms with E-state index >= 15 is 0 Å². The fourth-order valence-corrected chi connectivity index (χ4v) is 2.84. The van der Waals surface area contributed by atoms with Crippen LogP contribution in [0.15, 0.2) is 24.3 Å². The Morgan fingerprint density at radius 1 is 1.45 bits per heavy atom. The number of hydrogen-bond donors (Lipinski definition) is 3. The van der Waals surface area contributed by atoms with Gasteiger partial charge < -0.3 is 10.6 Å². The number of aromatic amines is 1. The largest absolute Gasteiger partial charge is 0.348 e. The van der Waals surface area contributed by atoms with E-state index in [0.717, 1.165) is 30.4 Å². The van der Waals surface area contributed by atoms with Gasteiger partial charge in [0.15, 0.2) is 5.69 Å². The number of carbonyl (C=O) groups is 1. The van der Waals surface area contributed by atoms with Gasteiger partial charge in [0.2, 0.25) is 0 Å². The van der Waals surface area contributed by atoms with E-state index in [4.69, 9.17) is 0 Å². The Kier molecular flexibility index (Phi) is 3.69. The van der Waals surface area contributed by atoms with Gasteiger partial charge in [-0.3, -0.25) is 9.89 Å². The molecule has 0 saturated carbocycles. The Morgan fingerprint density at radius 2 is 2.30 bits per heavy atom. The summed E-state index contributed by atoms with van der Waals surface area (Å²) in [5.41, 5.74) is 1.38. The Morgan fingerprint density at radius 3 is 3.10 bits per heavy atom. The molecule has 0 bridgehead atoms. The summed E-state index contributed by atoms with van der Waals surface area (Å²) >= 11 is 0. The van der Waals surface area contributed by atoms with E-state index < -0.39 is 0 Å². The molecule has 3 N–H and O–H groups in total. The summed E-state index contributed by atoms with van der Waals surface area (Å²) in [7, 11) is 0. The maximum absolute atomic E-state index is 12.4. The summed E-state index contributed by atoms with van der Waals surface area (Å²) in [5.74, 6) is 0.401. The molecule has 1 aromatic heterocycles. The average Bonchev–Trinajstić information content (AvgIpc) is 2.92. The van der Waals surface area contributed by atoms with Gasteiger partial charge in [-0.05, 0) is 44.8 Å². The minimum absolute atomic E-state index is 0.0967. The van der Waals surface area contributed by atoms with Gasteiger partial charge in [0.25, 0.3) is 5.91 Å². The molecule has 0 aliphatic carbocycles. The van der Waals surface area contributed by atoms with E-state index in [1.54, 1.807) is 0 Å². The van der Waals surface area contributed by atoms with Gasteiger partial charge in [-0.1, -0.05) is 18.2 Å². The predicted octanol–water partition coefficient (Wildman–Crippen LogP) is 1.68.